The highest BCUT2D eigenvalue weighted by atomic mass is 79.9. The molecule has 1 saturated heterocycles. The number of esters is 1. The fourth-order valence-corrected chi connectivity index (χ4v) is 6.83. The van der Waals surface area contributed by atoms with Gasteiger partial charge in [0.15, 0.2) is 5.75 Å². The quantitative estimate of drug-likeness (QED) is 0.110. The molecule has 0 aromatic heterocycles. The monoisotopic (exact) mass is 657 g/mol. The topological polar surface area (TPSA) is 136 Å². The third-order valence-electron chi connectivity index (χ3n) is 7.20. The summed E-state index contributed by atoms with van der Waals surface area (Å²) >= 11 is 6.72. The number of amides is 4. The number of fused-ring (bicyclic) bond motifs is 2. The number of rotatable bonds is 6. The van der Waals surface area contributed by atoms with Gasteiger partial charge in [-0.15, -0.1) is 0 Å². The van der Waals surface area contributed by atoms with E-state index >= 15 is 0 Å². The third kappa shape index (κ3) is 5.57. The number of urea groups is 1. The van der Waals surface area contributed by atoms with Gasteiger partial charge in [0, 0.05) is 34.3 Å². The highest BCUT2D eigenvalue weighted by molar-refractivity contribution is 9.11. The number of nitro groups is 1. The Labute approximate surface area is 239 Å². The predicted octanol–water partition coefficient (Wildman–Crippen LogP) is 5.39. The molecule has 2 bridgehead atoms. The molecule has 3 fully saturated rings. The molecule has 2 aliphatic carbocycles. The smallest absolute Gasteiger partial charge is 0.336 e. The molecule has 39 heavy (non-hydrogen) atoms. The zero-order chi connectivity index (χ0) is 27.8. The molecule has 4 amide bonds. The van der Waals surface area contributed by atoms with Crippen molar-refractivity contribution in [2.24, 2.45) is 11.8 Å². The van der Waals surface area contributed by atoms with Crippen LogP contribution in [0.2, 0.25) is 0 Å². The van der Waals surface area contributed by atoms with Crippen molar-refractivity contribution in [3.05, 3.63) is 78.2 Å². The molecule has 10 nitrogen and oxygen atoms in total. The molecule has 0 unspecified atom stereocenters. The number of carbonyl (C=O) groups excluding carboxylic acids is 4. The molecule has 5 rings (SSSR count). The minimum Gasteiger partial charge on any atom is -0.422 e. The van der Waals surface area contributed by atoms with Crippen molar-refractivity contribution < 1.29 is 28.8 Å². The first-order valence-corrected chi connectivity index (χ1v) is 13.7. The van der Waals surface area contributed by atoms with Crippen molar-refractivity contribution in [3.8, 4) is 5.75 Å². The Morgan fingerprint density at radius 2 is 1.92 bits per heavy atom. The molecule has 3 atom stereocenters. The summed E-state index contributed by atoms with van der Waals surface area (Å²) in [6, 6.07) is 7.97. The van der Waals surface area contributed by atoms with Crippen LogP contribution in [0.25, 0.3) is 12.2 Å². The van der Waals surface area contributed by atoms with Gasteiger partial charge < -0.3 is 4.74 Å². The normalized spacial score (nSPS) is 23.5. The maximum atomic E-state index is 13.4. The van der Waals surface area contributed by atoms with Crippen molar-refractivity contribution in [3.63, 3.8) is 0 Å². The van der Waals surface area contributed by atoms with Gasteiger partial charge in [-0.2, -0.15) is 0 Å². The van der Waals surface area contributed by atoms with Crippen LogP contribution in [0, 0.1) is 22.0 Å². The summed E-state index contributed by atoms with van der Waals surface area (Å²) < 4.78 is 6.48. The van der Waals surface area contributed by atoms with Gasteiger partial charge in [-0.1, -0.05) is 34.5 Å². The van der Waals surface area contributed by atoms with Crippen LogP contribution in [0.4, 0.5) is 10.5 Å². The lowest BCUT2D eigenvalue weighted by atomic mass is 9.93. The molecule has 1 heterocycles. The summed E-state index contributed by atoms with van der Waals surface area (Å²) in [4.78, 5) is 63.1. The van der Waals surface area contributed by atoms with Crippen molar-refractivity contribution in [1.29, 1.82) is 0 Å². The second-order valence-electron chi connectivity index (χ2n) is 9.65. The average Bonchev–Trinajstić information content (AvgIpc) is 3.51. The van der Waals surface area contributed by atoms with Gasteiger partial charge in [0.25, 0.3) is 17.5 Å². The van der Waals surface area contributed by atoms with Gasteiger partial charge in [-0.3, -0.25) is 29.9 Å². The van der Waals surface area contributed by atoms with E-state index < -0.39 is 28.7 Å². The van der Waals surface area contributed by atoms with Gasteiger partial charge in [0.05, 0.1) is 9.40 Å². The Bertz CT molecular complexity index is 1490. The van der Waals surface area contributed by atoms with Crippen LogP contribution >= 0.6 is 31.9 Å². The summed E-state index contributed by atoms with van der Waals surface area (Å²) in [5.74, 6) is -1.55. The summed E-state index contributed by atoms with van der Waals surface area (Å²) in [6.45, 7) is 0. The van der Waals surface area contributed by atoms with Gasteiger partial charge in [0.1, 0.15) is 5.57 Å². The van der Waals surface area contributed by atoms with Crippen molar-refractivity contribution in [2.45, 2.75) is 31.7 Å². The standard InChI is InChI=1S/C27H21Br2N3O7/c28-18-11-17(12-20-25(34)30-27(36)31(26(20)35)22-10-15-4-6-16(22)8-15)24(21(29)13-18)39-23(33)7-5-14-2-1-3-19(9-14)32(37)38/h1-3,5,7,9,11-13,15-16,22H,4,6,8,10H2,(H,30,34,36)/b7-5+,20-12-/t15-,16-,22+/m0/s1. The Kier molecular flexibility index (Phi) is 7.50. The average molecular weight is 659 g/mol. The van der Waals surface area contributed by atoms with Gasteiger partial charge in [-0.25, -0.2) is 9.59 Å². The molecule has 1 N–H and O–H groups in total. The van der Waals surface area contributed by atoms with Crippen LogP contribution in [-0.4, -0.2) is 39.7 Å². The summed E-state index contributed by atoms with van der Waals surface area (Å²) in [5, 5.41) is 13.3. The number of carbonyl (C=O) groups is 4. The molecule has 200 valence electrons. The fourth-order valence-electron chi connectivity index (χ4n) is 5.49. The van der Waals surface area contributed by atoms with E-state index in [-0.39, 0.29) is 34.5 Å². The third-order valence-corrected chi connectivity index (χ3v) is 8.24. The van der Waals surface area contributed by atoms with Crippen LogP contribution in [0.3, 0.4) is 0 Å². The van der Waals surface area contributed by atoms with Crippen LogP contribution in [-0.2, 0) is 14.4 Å². The number of barbiturate groups is 1. The second kappa shape index (κ2) is 10.9. The van der Waals surface area contributed by atoms with E-state index in [9.17, 15) is 29.3 Å². The van der Waals surface area contributed by atoms with Gasteiger partial charge in [-0.05, 0) is 76.9 Å². The zero-order valence-corrected chi connectivity index (χ0v) is 23.4. The largest absolute Gasteiger partial charge is 0.422 e. The molecular formula is C27H21Br2N3O7. The first-order valence-electron chi connectivity index (χ1n) is 12.1. The zero-order valence-electron chi connectivity index (χ0n) is 20.3. The Hall–Kier alpha value is -3.64. The molecule has 12 heteroatoms. The first kappa shape index (κ1) is 26.9. The molecule has 0 spiro atoms. The number of hydrogen-bond donors (Lipinski definition) is 1. The number of hydrogen-bond acceptors (Lipinski definition) is 7. The van der Waals surface area contributed by atoms with Crippen LogP contribution < -0.4 is 10.1 Å². The highest BCUT2D eigenvalue weighted by Crippen LogP contribution is 2.47. The molecule has 2 aromatic rings. The van der Waals surface area contributed by atoms with Crippen LogP contribution in [0.5, 0.6) is 5.75 Å². The van der Waals surface area contributed by atoms with E-state index in [4.69, 9.17) is 4.74 Å². The van der Waals surface area contributed by atoms with Crippen LogP contribution in [0.15, 0.2) is 57.0 Å². The lowest BCUT2D eigenvalue weighted by Gasteiger charge is -2.35. The molecule has 1 aliphatic heterocycles. The first-order chi connectivity index (χ1) is 18.6. The maximum absolute atomic E-state index is 13.4. The lowest BCUT2D eigenvalue weighted by Crippen LogP contribution is -2.58. The van der Waals surface area contributed by atoms with E-state index in [0.717, 1.165) is 36.7 Å². The number of nitrogens with one attached hydrogen (secondary N) is 1. The fraction of sp³-hybridized carbons (Fsp3) is 0.259. The highest BCUT2D eigenvalue weighted by Gasteiger charge is 2.49. The number of non-ortho nitro benzene ring substituents is 1. The predicted molar refractivity (Wildman–Crippen MR) is 147 cm³/mol. The molecule has 2 aromatic carbocycles. The summed E-state index contributed by atoms with van der Waals surface area (Å²) in [6.07, 6.45) is 7.51. The number of ether oxygens (including phenoxy) is 1. The number of nitrogens with zero attached hydrogens (tertiary/aromatic N) is 2. The molecular weight excluding hydrogens is 638 g/mol. The Balaban J connectivity index is 1.42. The Morgan fingerprint density at radius 3 is 2.62 bits per heavy atom. The number of halogens is 2. The van der Waals surface area contributed by atoms with Crippen molar-refractivity contribution >= 4 is 73.5 Å². The molecule has 3 aliphatic rings. The number of imide groups is 2. The maximum Gasteiger partial charge on any atom is 0.336 e. The van der Waals surface area contributed by atoms with E-state index in [1.807, 2.05) is 0 Å². The minimum absolute atomic E-state index is 0.0448. The Morgan fingerprint density at radius 1 is 1.13 bits per heavy atom. The van der Waals surface area contributed by atoms with E-state index in [0.29, 0.717) is 20.4 Å². The second-order valence-corrected chi connectivity index (χ2v) is 11.4. The summed E-state index contributed by atoms with van der Waals surface area (Å²) in [5.41, 5.74) is 0.303. The molecule has 2 saturated carbocycles. The lowest BCUT2D eigenvalue weighted by molar-refractivity contribution is -0.384. The van der Waals surface area contributed by atoms with Gasteiger partial charge in [0.2, 0.25) is 0 Å². The molecule has 0 radical (unpaired) electrons. The van der Waals surface area contributed by atoms with E-state index in [1.165, 1.54) is 30.4 Å². The SMILES string of the molecule is O=C(/C=C/c1cccc([N+](=O)[O-])c1)Oc1c(Br)cc(Br)cc1/C=C1/C(=O)NC(=O)N([C@@H]2C[C@H]3CC[C@H]2C3)C1=O. The van der Waals surface area contributed by atoms with Crippen molar-refractivity contribution in [1.82, 2.24) is 10.2 Å². The number of benzene rings is 2. The minimum atomic E-state index is -0.830. The number of nitro benzene ring substituents is 1. The van der Waals surface area contributed by atoms with Gasteiger partial charge >= 0.3 is 12.0 Å². The van der Waals surface area contributed by atoms with Crippen LogP contribution in [0.1, 0.15) is 36.8 Å². The van der Waals surface area contributed by atoms with E-state index in [2.05, 4.69) is 37.2 Å². The summed E-state index contributed by atoms with van der Waals surface area (Å²) in [7, 11) is 0. The van der Waals surface area contributed by atoms with Crippen molar-refractivity contribution in [2.75, 3.05) is 0 Å². The van der Waals surface area contributed by atoms with E-state index in [1.54, 1.807) is 18.2 Å².